The average molecular weight is 341 g/mol. The van der Waals surface area contributed by atoms with Crippen molar-refractivity contribution in [3.05, 3.63) is 59.7 Å². The molecule has 2 rings (SSSR count). The molecule has 0 saturated carbocycles. The highest BCUT2D eigenvalue weighted by Crippen LogP contribution is 2.25. The maximum Gasteiger partial charge on any atom is 0.253 e. The molecular weight excluding hydrogens is 318 g/mol. The molecule has 0 aromatic heterocycles. The number of carbonyl (C=O) groups is 2. The van der Waals surface area contributed by atoms with E-state index in [-0.39, 0.29) is 11.8 Å². The maximum absolute atomic E-state index is 12.6. The van der Waals surface area contributed by atoms with E-state index < -0.39 is 12.0 Å². The third-order valence-corrected chi connectivity index (χ3v) is 4.09. The van der Waals surface area contributed by atoms with Gasteiger partial charge in [-0.25, -0.2) is 0 Å². The molecule has 2 atom stereocenters. The maximum atomic E-state index is 12.6. The van der Waals surface area contributed by atoms with Crippen LogP contribution in [0.1, 0.15) is 28.9 Å². The molecule has 6 heteroatoms. The topological polar surface area (TPSA) is 93.5 Å². The molecule has 0 aliphatic heterocycles. The molecular formula is C19H23N3O3. The minimum absolute atomic E-state index is 0.258. The molecule has 0 heterocycles. The first-order valence-corrected chi connectivity index (χ1v) is 7.99. The average Bonchev–Trinajstić information content (AvgIpc) is 2.67. The Balaban J connectivity index is 2.21. The Morgan fingerprint density at radius 1 is 1.12 bits per heavy atom. The van der Waals surface area contributed by atoms with E-state index in [0.717, 1.165) is 5.56 Å². The third kappa shape index (κ3) is 4.36. The van der Waals surface area contributed by atoms with Crippen LogP contribution in [0.2, 0.25) is 0 Å². The van der Waals surface area contributed by atoms with Gasteiger partial charge in [0.1, 0.15) is 5.75 Å². The van der Waals surface area contributed by atoms with E-state index in [1.807, 2.05) is 30.3 Å². The van der Waals surface area contributed by atoms with Crippen molar-refractivity contribution in [1.29, 1.82) is 0 Å². The summed E-state index contributed by atoms with van der Waals surface area (Å²) in [5, 5.41) is 5.35. The molecule has 0 aliphatic rings. The number of ether oxygens (including phenoxy) is 1. The number of rotatable bonds is 6. The summed E-state index contributed by atoms with van der Waals surface area (Å²) >= 11 is 0. The molecule has 0 radical (unpaired) electrons. The van der Waals surface area contributed by atoms with Crippen molar-refractivity contribution in [2.24, 2.45) is 11.7 Å². The molecule has 0 spiro atoms. The van der Waals surface area contributed by atoms with Crippen molar-refractivity contribution in [3.63, 3.8) is 0 Å². The predicted octanol–water partition coefficient (Wildman–Crippen LogP) is 2.33. The van der Waals surface area contributed by atoms with E-state index in [1.165, 1.54) is 14.2 Å². The SMILES string of the molecule is CNC(=O)c1cc(OC)ccc1NC(=O)C(C)C(N)c1ccccc1. The van der Waals surface area contributed by atoms with Crippen LogP contribution in [0, 0.1) is 5.92 Å². The Hall–Kier alpha value is -2.86. The zero-order valence-electron chi connectivity index (χ0n) is 14.6. The lowest BCUT2D eigenvalue weighted by Gasteiger charge is -2.20. The standard InChI is InChI=1S/C19H23N3O3/c1-12(17(20)13-7-5-4-6-8-13)18(23)22-16-10-9-14(25-3)11-15(16)19(24)21-2/h4-12,17H,20H2,1-3H3,(H,21,24)(H,22,23). The van der Waals surface area contributed by atoms with E-state index in [2.05, 4.69) is 10.6 Å². The van der Waals surface area contributed by atoms with E-state index in [9.17, 15) is 9.59 Å². The van der Waals surface area contributed by atoms with Crippen molar-refractivity contribution in [3.8, 4) is 5.75 Å². The quantitative estimate of drug-likeness (QED) is 0.752. The van der Waals surface area contributed by atoms with Gasteiger partial charge in [-0.2, -0.15) is 0 Å². The van der Waals surface area contributed by atoms with Crippen LogP contribution in [-0.4, -0.2) is 26.0 Å². The van der Waals surface area contributed by atoms with Gasteiger partial charge in [0.15, 0.2) is 0 Å². The molecule has 0 aliphatic carbocycles. The van der Waals surface area contributed by atoms with Crippen molar-refractivity contribution in [2.45, 2.75) is 13.0 Å². The fraction of sp³-hybridized carbons (Fsp3) is 0.263. The number of hydrogen-bond donors (Lipinski definition) is 3. The first-order valence-electron chi connectivity index (χ1n) is 7.99. The summed E-state index contributed by atoms with van der Waals surface area (Å²) in [5.74, 6) is -0.506. The second-order valence-corrected chi connectivity index (χ2v) is 5.71. The largest absolute Gasteiger partial charge is 0.497 e. The van der Waals surface area contributed by atoms with Crippen LogP contribution in [-0.2, 0) is 4.79 Å². The summed E-state index contributed by atoms with van der Waals surface area (Å²) in [6.07, 6.45) is 0. The van der Waals surface area contributed by atoms with Gasteiger partial charge in [-0.1, -0.05) is 37.3 Å². The molecule has 2 aromatic carbocycles. The van der Waals surface area contributed by atoms with E-state index in [0.29, 0.717) is 17.0 Å². The van der Waals surface area contributed by atoms with Gasteiger partial charge in [0, 0.05) is 13.1 Å². The summed E-state index contributed by atoms with van der Waals surface area (Å²) in [6.45, 7) is 1.76. The summed E-state index contributed by atoms with van der Waals surface area (Å²) in [4.78, 5) is 24.7. The molecule has 0 bridgehead atoms. The molecule has 132 valence electrons. The van der Waals surface area contributed by atoms with Crippen LogP contribution < -0.4 is 21.1 Å². The molecule has 4 N–H and O–H groups in total. The lowest BCUT2D eigenvalue weighted by molar-refractivity contribution is -0.120. The first-order chi connectivity index (χ1) is 12.0. The van der Waals surface area contributed by atoms with E-state index in [1.54, 1.807) is 25.1 Å². The van der Waals surface area contributed by atoms with Crippen molar-refractivity contribution in [2.75, 3.05) is 19.5 Å². The van der Waals surface area contributed by atoms with Crippen LogP contribution in [0.4, 0.5) is 5.69 Å². The first kappa shape index (κ1) is 18.5. The zero-order chi connectivity index (χ0) is 18.4. The fourth-order valence-corrected chi connectivity index (χ4v) is 2.46. The second kappa shape index (κ2) is 8.30. The van der Waals surface area contributed by atoms with Gasteiger partial charge in [0.25, 0.3) is 5.91 Å². The highest BCUT2D eigenvalue weighted by atomic mass is 16.5. The van der Waals surface area contributed by atoms with Crippen molar-refractivity contribution in [1.82, 2.24) is 5.32 Å². The van der Waals surface area contributed by atoms with Crippen molar-refractivity contribution < 1.29 is 14.3 Å². The van der Waals surface area contributed by atoms with Crippen LogP contribution in [0.3, 0.4) is 0 Å². The van der Waals surface area contributed by atoms with Gasteiger partial charge in [-0.05, 0) is 23.8 Å². The van der Waals surface area contributed by atoms with Crippen LogP contribution in [0.25, 0.3) is 0 Å². The van der Waals surface area contributed by atoms with Crippen LogP contribution in [0.5, 0.6) is 5.75 Å². The lowest BCUT2D eigenvalue weighted by atomic mass is 9.94. The Kier molecular flexibility index (Phi) is 6.14. The number of benzene rings is 2. The molecule has 25 heavy (non-hydrogen) atoms. The number of amides is 2. The number of nitrogens with one attached hydrogen (secondary N) is 2. The van der Waals surface area contributed by atoms with Crippen LogP contribution in [0.15, 0.2) is 48.5 Å². The summed E-state index contributed by atoms with van der Waals surface area (Å²) in [7, 11) is 3.05. The van der Waals surface area contributed by atoms with Gasteiger partial charge in [0.2, 0.25) is 5.91 Å². The predicted molar refractivity (Wildman–Crippen MR) is 97.5 cm³/mol. The number of methoxy groups -OCH3 is 1. The van der Waals surface area contributed by atoms with Gasteiger partial charge < -0.3 is 21.1 Å². The van der Waals surface area contributed by atoms with Gasteiger partial charge in [-0.15, -0.1) is 0 Å². The number of carbonyl (C=O) groups excluding carboxylic acids is 2. The molecule has 2 unspecified atom stereocenters. The monoisotopic (exact) mass is 341 g/mol. The molecule has 6 nitrogen and oxygen atoms in total. The smallest absolute Gasteiger partial charge is 0.253 e. The van der Waals surface area contributed by atoms with Gasteiger partial charge >= 0.3 is 0 Å². The Bertz CT molecular complexity index is 747. The van der Waals surface area contributed by atoms with Crippen molar-refractivity contribution >= 4 is 17.5 Å². The minimum atomic E-state index is -0.470. The molecule has 0 saturated heterocycles. The molecule has 2 amide bonds. The molecule has 0 fully saturated rings. The van der Waals surface area contributed by atoms with Crippen LogP contribution >= 0.6 is 0 Å². The van der Waals surface area contributed by atoms with Gasteiger partial charge in [0.05, 0.1) is 24.3 Å². The number of nitrogens with two attached hydrogens (primary N) is 1. The highest BCUT2D eigenvalue weighted by Gasteiger charge is 2.23. The molecule has 2 aromatic rings. The Morgan fingerprint density at radius 2 is 1.80 bits per heavy atom. The second-order valence-electron chi connectivity index (χ2n) is 5.71. The summed E-state index contributed by atoms with van der Waals surface area (Å²) in [6, 6.07) is 13.9. The Morgan fingerprint density at radius 3 is 2.40 bits per heavy atom. The van der Waals surface area contributed by atoms with Gasteiger partial charge in [-0.3, -0.25) is 9.59 Å². The Labute approximate surface area is 147 Å². The number of anilines is 1. The van der Waals surface area contributed by atoms with E-state index >= 15 is 0 Å². The summed E-state index contributed by atoms with van der Waals surface area (Å²) in [5.41, 5.74) is 7.83. The van der Waals surface area contributed by atoms with E-state index in [4.69, 9.17) is 10.5 Å². The highest BCUT2D eigenvalue weighted by molar-refractivity contribution is 6.04. The fourth-order valence-electron chi connectivity index (χ4n) is 2.46. The lowest BCUT2D eigenvalue weighted by Crippen LogP contribution is -2.31. The number of hydrogen-bond acceptors (Lipinski definition) is 4. The third-order valence-electron chi connectivity index (χ3n) is 4.09. The zero-order valence-corrected chi connectivity index (χ0v) is 14.6. The minimum Gasteiger partial charge on any atom is -0.497 e. The normalized spacial score (nSPS) is 12.8. The summed E-state index contributed by atoms with van der Waals surface area (Å²) < 4.78 is 5.14.